The molecule has 2 saturated heterocycles. The Morgan fingerprint density at radius 2 is 1.78 bits per heavy atom. The van der Waals surface area contributed by atoms with Crippen LogP contribution in [0.15, 0.2) is 41.4 Å². The third-order valence-electron chi connectivity index (χ3n) is 5.93. The predicted octanol–water partition coefficient (Wildman–Crippen LogP) is 2.48. The summed E-state index contributed by atoms with van der Waals surface area (Å²) in [6.07, 6.45) is 5.39. The number of carbonyl (C=O) groups is 1. The SMILES string of the molecule is CCCc1ccc(S(=O)(=O)Nc2cnc(N3CCNCC3)c(C(=O)N3CCCC3)c2)cc1. The van der Waals surface area contributed by atoms with Crippen molar-refractivity contribution >= 4 is 27.4 Å². The number of piperazine rings is 1. The third kappa shape index (κ3) is 5.05. The van der Waals surface area contributed by atoms with Crippen molar-refractivity contribution in [3.05, 3.63) is 47.7 Å². The first-order chi connectivity index (χ1) is 15.5. The van der Waals surface area contributed by atoms with E-state index >= 15 is 0 Å². The van der Waals surface area contributed by atoms with Crippen molar-refractivity contribution in [2.75, 3.05) is 48.9 Å². The average Bonchev–Trinajstić information content (AvgIpc) is 3.34. The van der Waals surface area contributed by atoms with Gasteiger partial charge in [0.05, 0.1) is 22.3 Å². The van der Waals surface area contributed by atoms with Gasteiger partial charge in [-0.15, -0.1) is 0 Å². The van der Waals surface area contributed by atoms with Crippen LogP contribution in [-0.2, 0) is 16.4 Å². The fourth-order valence-corrected chi connectivity index (χ4v) is 5.26. The number of sulfonamides is 1. The number of anilines is 2. The number of aromatic nitrogens is 1. The highest BCUT2D eigenvalue weighted by Crippen LogP contribution is 2.26. The van der Waals surface area contributed by atoms with Gasteiger partial charge in [0, 0.05) is 39.3 Å². The second kappa shape index (κ2) is 9.87. The number of benzene rings is 1. The van der Waals surface area contributed by atoms with Crippen LogP contribution in [0.2, 0.25) is 0 Å². The van der Waals surface area contributed by atoms with Crippen LogP contribution in [-0.4, -0.2) is 63.5 Å². The Labute approximate surface area is 190 Å². The van der Waals surface area contributed by atoms with E-state index in [9.17, 15) is 13.2 Å². The summed E-state index contributed by atoms with van der Waals surface area (Å²) in [7, 11) is -3.78. The second-order valence-corrected chi connectivity index (χ2v) is 10.0. The number of likely N-dealkylation sites (tertiary alicyclic amines) is 1. The molecule has 1 aromatic carbocycles. The lowest BCUT2D eigenvalue weighted by atomic mass is 10.1. The molecule has 2 aliphatic rings. The third-order valence-corrected chi connectivity index (χ3v) is 7.33. The summed E-state index contributed by atoms with van der Waals surface area (Å²) in [5, 5.41) is 3.30. The van der Waals surface area contributed by atoms with Crippen molar-refractivity contribution in [2.45, 2.75) is 37.5 Å². The van der Waals surface area contributed by atoms with Crippen LogP contribution in [0.4, 0.5) is 11.5 Å². The van der Waals surface area contributed by atoms with Gasteiger partial charge in [-0.2, -0.15) is 0 Å². The van der Waals surface area contributed by atoms with Gasteiger partial charge < -0.3 is 15.1 Å². The van der Waals surface area contributed by atoms with Crippen molar-refractivity contribution in [3.8, 4) is 0 Å². The molecule has 0 unspecified atom stereocenters. The normalized spacial score (nSPS) is 16.9. The summed E-state index contributed by atoms with van der Waals surface area (Å²) in [4.78, 5) is 21.9. The number of hydrogen-bond acceptors (Lipinski definition) is 6. The summed E-state index contributed by atoms with van der Waals surface area (Å²) < 4.78 is 28.5. The minimum Gasteiger partial charge on any atom is -0.353 e. The molecule has 0 spiro atoms. The standard InChI is InChI=1S/C23H31N5O3S/c1-2-5-18-6-8-20(9-7-18)32(30,31)26-19-16-21(23(29)28-12-3-4-13-28)22(25-17-19)27-14-10-24-11-15-27/h6-9,16-17,24,26H,2-5,10-15H2,1H3. The molecule has 0 bridgehead atoms. The van der Waals surface area contributed by atoms with Crippen LogP contribution >= 0.6 is 0 Å². The zero-order chi connectivity index (χ0) is 22.6. The van der Waals surface area contributed by atoms with Crippen LogP contribution in [0, 0.1) is 0 Å². The molecular weight excluding hydrogens is 426 g/mol. The number of rotatable bonds is 7. The Hall–Kier alpha value is -2.65. The molecule has 172 valence electrons. The molecule has 9 heteroatoms. The van der Waals surface area contributed by atoms with E-state index in [1.54, 1.807) is 18.2 Å². The monoisotopic (exact) mass is 457 g/mol. The van der Waals surface area contributed by atoms with Crippen molar-refractivity contribution in [2.24, 2.45) is 0 Å². The summed E-state index contributed by atoms with van der Waals surface area (Å²) >= 11 is 0. The Morgan fingerprint density at radius 3 is 2.44 bits per heavy atom. The zero-order valence-corrected chi connectivity index (χ0v) is 19.3. The molecule has 1 aromatic heterocycles. The van der Waals surface area contributed by atoms with Crippen molar-refractivity contribution in [1.29, 1.82) is 0 Å². The van der Waals surface area contributed by atoms with Gasteiger partial charge in [-0.1, -0.05) is 25.5 Å². The second-order valence-electron chi connectivity index (χ2n) is 8.33. The molecule has 2 N–H and O–H groups in total. The maximum atomic E-state index is 13.3. The molecule has 2 aliphatic heterocycles. The van der Waals surface area contributed by atoms with Crippen LogP contribution < -0.4 is 14.9 Å². The highest BCUT2D eigenvalue weighted by molar-refractivity contribution is 7.92. The maximum absolute atomic E-state index is 13.3. The Kier molecular flexibility index (Phi) is 6.95. The molecule has 3 heterocycles. The topological polar surface area (TPSA) is 94.6 Å². The summed E-state index contributed by atoms with van der Waals surface area (Å²) in [5.41, 5.74) is 1.85. The highest BCUT2D eigenvalue weighted by atomic mass is 32.2. The number of amides is 1. The Balaban J connectivity index is 1.62. The fraction of sp³-hybridized carbons (Fsp3) is 0.478. The lowest BCUT2D eigenvalue weighted by Crippen LogP contribution is -2.45. The van der Waals surface area contributed by atoms with Crippen molar-refractivity contribution in [3.63, 3.8) is 0 Å². The van der Waals surface area contributed by atoms with E-state index in [0.717, 1.165) is 70.5 Å². The van der Waals surface area contributed by atoms with Crippen LogP contribution in [0.25, 0.3) is 0 Å². The van der Waals surface area contributed by atoms with E-state index < -0.39 is 10.0 Å². The average molecular weight is 458 g/mol. The van der Waals surface area contributed by atoms with Gasteiger partial charge in [0.2, 0.25) is 0 Å². The van der Waals surface area contributed by atoms with Crippen molar-refractivity contribution < 1.29 is 13.2 Å². The fourth-order valence-electron chi connectivity index (χ4n) is 4.23. The zero-order valence-electron chi connectivity index (χ0n) is 18.5. The van der Waals surface area contributed by atoms with Gasteiger partial charge in [0.25, 0.3) is 15.9 Å². The van der Waals surface area contributed by atoms with Gasteiger partial charge in [-0.3, -0.25) is 9.52 Å². The first-order valence-corrected chi connectivity index (χ1v) is 12.8. The molecule has 32 heavy (non-hydrogen) atoms. The minimum absolute atomic E-state index is 0.0894. The van der Waals surface area contributed by atoms with E-state index in [-0.39, 0.29) is 10.8 Å². The molecule has 0 aliphatic carbocycles. The van der Waals surface area contributed by atoms with E-state index in [1.165, 1.54) is 6.20 Å². The van der Waals surface area contributed by atoms with Gasteiger partial charge >= 0.3 is 0 Å². The van der Waals surface area contributed by atoms with Gasteiger partial charge in [0.1, 0.15) is 5.82 Å². The number of aryl methyl sites for hydroxylation is 1. The van der Waals surface area contributed by atoms with Crippen molar-refractivity contribution in [1.82, 2.24) is 15.2 Å². The molecule has 4 rings (SSSR count). The molecule has 1 amide bonds. The summed E-state index contributed by atoms with van der Waals surface area (Å²) in [6.45, 7) is 6.68. The van der Waals surface area contributed by atoms with Crippen LogP contribution in [0.3, 0.4) is 0 Å². The number of pyridine rings is 1. The van der Waals surface area contributed by atoms with E-state index in [1.807, 2.05) is 17.0 Å². The summed E-state index contributed by atoms with van der Waals surface area (Å²) in [6, 6.07) is 8.55. The largest absolute Gasteiger partial charge is 0.353 e. The molecule has 2 fully saturated rings. The Morgan fingerprint density at radius 1 is 1.09 bits per heavy atom. The van der Waals surface area contributed by atoms with E-state index in [0.29, 0.717) is 17.1 Å². The van der Waals surface area contributed by atoms with Crippen LogP contribution in [0.5, 0.6) is 0 Å². The number of nitrogens with zero attached hydrogens (tertiary/aromatic N) is 3. The first-order valence-electron chi connectivity index (χ1n) is 11.3. The highest BCUT2D eigenvalue weighted by Gasteiger charge is 2.27. The van der Waals surface area contributed by atoms with Crippen LogP contribution in [0.1, 0.15) is 42.1 Å². The lowest BCUT2D eigenvalue weighted by molar-refractivity contribution is 0.0793. The van der Waals surface area contributed by atoms with E-state index in [4.69, 9.17) is 0 Å². The number of nitrogens with one attached hydrogen (secondary N) is 2. The predicted molar refractivity (Wildman–Crippen MR) is 126 cm³/mol. The molecule has 0 atom stereocenters. The van der Waals surface area contributed by atoms with Gasteiger partial charge in [0.15, 0.2) is 0 Å². The molecular formula is C23H31N5O3S. The van der Waals surface area contributed by atoms with Gasteiger partial charge in [-0.05, 0) is 43.0 Å². The molecule has 0 saturated carbocycles. The smallest absolute Gasteiger partial charge is 0.261 e. The molecule has 0 radical (unpaired) electrons. The maximum Gasteiger partial charge on any atom is 0.261 e. The lowest BCUT2D eigenvalue weighted by Gasteiger charge is -2.30. The molecule has 8 nitrogen and oxygen atoms in total. The Bertz CT molecular complexity index is 1040. The number of hydrogen-bond donors (Lipinski definition) is 2. The quantitative estimate of drug-likeness (QED) is 0.663. The minimum atomic E-state index is -3.78. The first kappa shape index (κ1) is 22.5. The number of carbonyl (C=O) groups excluding carboxylic acids is 1. The van der Waals surface area contributed by atoms with E-state index in [2.05, 4.69) is 26.8 Å². The summed E-state index contributed by atoms with van der Waals surface area (Å²) in [5.74, 6) is 0.531. The molecule has 2 aromatic rings. The van der Waals surface area contributed by atoms with Gasteiger partial charge in [-0.25, -0.2) is 13.4 Å².